The third kappa shape index (κ3) is 4.88. The fraction of sp³-hybridized carbons (Fsp3) is 0. The zero-order valence-electron chi connectivity index (χ0n) is 8.26. The Morgan fingerprint density at radius 1 is 1.00 bits per heavy atom. The number of hydrogen-bond donors (Lipinski definition) is 0. The highest BCUT2D eigenvalue weighted by Crippen LogP contribution is 2.16. The van der Waals surface area contributed by atoms with Gasteiger partial charge in [0.2, 0.25) is 5.39 Å². The molecular formula is C8H5BF4N4. The number of nitrogens with zero attached hydrogens (tertiary/aromatic N) is 4. The lowest BCUT2D eigenvalue weighted by Crippen LogP contribution is -2.02. The van der Waals surface area contributed by atoms with Gasteiger partial charge in [-0.15, -0.1) is 0 Å². The molecule has 0 amide bonds. The quantitative estimate of drug-likeness (QED) is 0.405. The number of aromatic nitrogens is 2. The Morgan fingerprint density at radius 3 is 2.06 bits per heavy atom. The molecule has 4 nitrogen and oxygen atoms in total. The van der Waals surface area contributed by atoms with Gasteiger partial charge in [-0.1, -0.05) is 0 Å². The molecule has 9 heteroatoms. The van der Waals surface area contributed by atoms with Crippen molar-refractivity contribution < 1.29 is 17.3 Å². The SMILES string of the molecule is F[B-](F)(F)F.N#[N+]c1ccc2nccnc2c1. The number of benzene rings is 1. The van der Waals surface area contributed by atoms with Crippen LogP contribution in [0.15, 0.2) is 30.6 Å². The molecule has 0 aliphatic heterocycles. The van der Waals surface area contributed by atoms with Crippen LogP contribution < -0.4 is 0 Å². The van der Waals surface area contributed by atoms with Crippen molar-refractivity contribution in [3.63, 3.8) is 0 Å². The molecule has 0 N–H and O–H groups in total. The number of halogens is 4. The third-order valence-electron chi connectivity index (χ3n) is 1.57. The van der Waals surface area contributed by atoms with E-state index in [9.17, 15) is 17.3 Å². The molecule has 2 rings (SSSR count). The number of rotatable bonds is 0. The molecule has 17 heavy (non-hydrogen) atoms. The van der Waals surface area contributed by atoms with Gasteiger partial charge in [0.25, 0.3) is 0 Å². The first-order valence-corrected chi connectivity index (χ1v) is 4.33. The Morgan fingerprint density at radius 2 is 1.53 bits per heavy atom. The topological polar surface area (TPSA) is 53.9 Å². The minimum absolute atomic E-state index is 0.489. The first-order chi connectivity index (χ1) is 7.90. The van der Waals surface area contributed by atoms with Crippen LogP contribution in [-0.2, 0) is 0 Å². The predicted octanol–water partition coefficient (Wildman–Crippen LogP) is 3.41. The van der Waals surface area contributed by atoms with Crippen LogP contribution in [0.5, 0.6) is 0 Å². The van der Waals surface area contributed by atoms with Crippen molar-refractivity contribution in [2.24, 2.45) is 0 Å². The monoisotopic (exact) mass is 244 g/mol. The summed E-state index contributed by atoms with van der Waals surface area (Å²) in [7, 11) is -6.00. The van der Waals surface area contributed by atoms with E-state index in [0.717, 1.165) is 11.0 Å². The first-order valence-electron chi connectivity index (χ1n) is 4.33. The maximum atomic E-state index is 9.75. The zero-order chi connectivity index (χ0) is 12.9. The van der Waals surface area contributed by atoms with Crippen molar-refractivity contribution in [3.8, 4) is 0 Å². The minimum Gasteiger partial charge on any atom is -0.418 e. The van der Waals surface area contributed by atoms with E-state index in [-0.39, 0.29) is 0 Å². The lowest BCUT2D eigenvalue weighted by atomic mass is 10.3. The summed E-state index contributed by atoms with van der Waals surface area (Å²) in [6.45, 7) is 0. The highest BCUT2D eigenvalue weighted by molar-refractivity contribution is 6.50. The lowest BCUT2D eigenvalue weighted by molar-refractivity contribution is 0.368. The fourth-order valence-electron chi connectivity index (χ4n) is 1.01. The van der Waals surface area contributed by atoms with Crippen molar-refractivity contribution in [1.82, 2.24) is 9.97 Å². The van der Waals surface area contributed by atoms with Crippen LogP contribution in [0.4, 0.5) is 23.0 Å². The number of fused-ring (bicyclic) bond motifs is 1. The van der Waals surface area contributed by atoms with Crippen molar-refractivity contribution >= 4 is 24.0 Å². The molecule has 0 aliphatic rings. The van der Waals surface area contributed by atoms with Crippen molar-refractivity contribution in [3.05, 3.63) is 35.6 Å². The van der Waals surface area contributed by atoms with Crippen LogP contribution in [-0.4, -0.2) is 17.2 Å². The molecule has 0 aliphatic carbocycles. The van der Waals surface area contributed by atoms with Gasteiger partial charge >= 0.3 is 12.9 Å². The smallest absolute Gasteiger partial charge is 0.418 e. The summed E-state index contributed by atoms with van der Waals surface area (Å²) in [6, 6.07) is 5.11. The van der Waals surface area contributed by atoms with Gasteiger partial charge in [-0.2, -0.15) is 0 Å². The number of diazo groups is 1. The highest BCUT2D eigenvalue weighted by Gasteiger charge is 2.20. The summed E-state index contributed by atoms with van der Waals surface area (Å²) in [5, 5.41) is 8.47. The second-order valence-electron chi connectivity index (χ2n) is 2.82. The molecule has 0 unspecified atom stereocenters. The first kappa shape index (κ1) is 12.8. The van der Waals surface area contributed by atoms with Crippen molar-refractivity contribution in [1.29, 1.82) is 5.39 Å². The maximum Gasteiger partial charge on any atom is 0.673 e. The van der Waals surface area contributed by atoms with Crippen LogP contribution in [0.1, 0.15) is 0 Å². The van der Waals surface area contributed by atoms with E-state index in [1.165, 1.54) is 0 Å². The molecule has 88 valence electrons. The van der Waals surface area contributed by atoms with E-state index in [4.69, 9.17) is 5.39 Å². The van der Waals surface area contributed by atoms with Gasteiger partial charge in [-0.3, -0.25) is 9.97 Å². The lowest BCUT2D eigenvalue weighted by Gasteiger charge is -1.94. The van der Waals surface area contributed by atoms with E-state index in [1.807, 2.05) is 0 Å². The standard InChI is InChI=1S/C8H5N4.BF4/c9-12-6-1-2-7-8(5-6)11-4-3-10-7;2-1(3,4)5/h1-5H;/q+1;-1. The molecule has 0 saturated carbocycles. The molecule has 0 spiro atoms. The van der Waals surface area contributed by atoms with Gasteiger partial charge in [0.05, 0.1) is 17.1 Å². The minimum atomic E-state index is -6.00. The molecule has 0 saturated heterocycles. The Hall–Kier alpha value is -2.24. The fourth-order valence-corrected chi connectivity index (χ4v) is 1.01. The second kappa shape index (κ2) is 5.20. The van der Waals surface area contributed by atoms with Crippen molar-refractivity contribution in [2.45, 2.75) is 0 Å². The zero-order valence-corrected chi connectivity index (χ0v) is 8.26. The van der Waals surface area contributed by atoms with E-state index in [2.05, 4.69) is 14.9 Å². The van der Waals surface area contributed by atoms with Crippen molar-refractivity contribution in [2.75, 3.05) is 0 Å². The van der Waals surface area contributed by atoms with Crippen LogP contribution in [0.25, 0.3) is 16.0 Å². The molecule has 0 bridgehead atoms. The molecule has 1 aromatic heterocycles. The van der Waals surface area contributed by atoms with E-state index in [0.29, 0.717) is 5.69 Å². The summed E-state index contributed by atoms with van der Waals surface area (Å²) in [4.78, 5) is 11.2. The normalized spacial score (nSPS) is 10.3. The second-order valence-corrected chi connectivity index (χ2v) is 2.82. The third-order valence-corrected chi connectivity index (χ3v) is 1.57. The molecule has 0 radical (unpaired) electrons. The van der Waals surface area contributed by atoms with Crippen LogP contribution in [0, 0.1) is 5.39 Å². The predicted molar refractivity (Wildman–Crippen MR) is 54.5 cm³/mol. The van der Waals surface area contributed by atoms with Gasteiger partial charge < -0.3 is 17.3 Å². The van der Waals surface area contributed by atoms with Gasteiger partial charge in [0.1, 0.15) is 0 Å². The van der Waals surface area contributed by atoms with E-state index < -0.39 is 7.25 Å². The van der Waals surface area contributed by atoms with Crippen LogP contribution >= 0.6 is 0 Å². The molecular weight excluding hydrogens is 239 g/mol. The Bertz CT molecular complexity index is 545. The number of hydrogen-bond acceptors (Lipinski definition) is 3. The average molecular weight is 244 g/mol. The van der Waals surface area contributed by atoms with Gasteiger partial charge in [-0.05, 0) is 6.07 Å². The maximum absolute atomic E-state index is 9.75. The summed E-state index contributed by atoms with van der Waals surface area (Å²) in [5.74, 6) is 0. The van der Waals surface area contributed by atoms with Crippen LogP contribution in [0.2, 0.25) is 0 Å². The Labute approximate surface area is 93.0 Å². The van der Waals surface area contributed by atoms with Gasteiger partial charge in [0.15, 0.2) is 4.98 Å². The largest absolute Gasteiger partial charge is 0.673 e. The summed E-state index contributed by atoms with van der Waals surface area (Å²) in [6.07, 6.45) is 3.22. The molecule has 1 heterocycles. The van der Waals surface area contributed by atoms with Gasteiger partial charge in [-0.25, -0.2) is 0 Å². The molecule has 1 aromatic carbocycles. The Kier molecular flexibility index (Phi) is 3.93. The van der Waals surface area contributed by atoms with Crippen LogP contribution in [0.3, 0.4) is 0 Å². The summed E-state index contributed by atoms with van der Waals surface area (Å²) >= 11 is 0. The highest BCUT2D eigenvalue weighted by atomic mass is 19.5. The average Bonchev–Trinajstić information content (AvgIpc) is 2.26. The van der Waals surface area contributed by atoms with E-state index in [1.54, 1.807) is 30.6 Å². The summed E-state index contributed by atoms with van der Waals surface area (Å²) in [5.41, 5.74) is 2.01. The van der Waals surface area contributed by atoms with Gasteiger partial charge in [0, 0.05) is 18.5 Å². The summed E-state index contributed by atoms with van der Waals surface area (Å²) < 4.78 is 39.0. The molecule has 2 aromatic rings. The molecule has 0 fully saturated rings. The molecule has 0 atom stereocenters. The van der Waals surface area contributed by atoms with E-state index >= 15 is 0 Å². The Balaban J connectivity index is 0.000000249.